The molecule has 1 fully saturated rings. The fourth-order valence-corrected chi connectivity index (χ4v) is 3.45. The van der Waals surface area contributed by atoms with Crippen LogP contribution in [0.15, 0.2) is 36.4 Å². The van der Waals surface area contributed by atoms with Gasteiger partial charge in [0.05, 0.1) is 16.9 Å². The highest BCUT2D eigenvalue weighted by Crippen LogP contribution is 2.36. The van der Waals surface area contributed by atoms with E-state index in [2.05, 4.69) is 0 Å². The number of Topliss-reactive ketones (excluding diaryl/α,β-unsaturated/α-hetero) is 1. The second-order valence-electron chi connectivity index (χ2n) is 7.78. The van der Waals surface area contributed by atoms with Crippen LogP contribution in [0.25, 0.3) is 0 Å². The number of hydrogen-bond donors (Lipinski definition) is 1. The van der Waals surface area contributed by atoms with Crippen LogP contribution in [0.3, 0.4) is 0 Å². The standard InChI is InChI=1S/C20H25N3O3/c1-20(2,3)23-17(12-16(22-23)14-9-10-15(24)11-14)18(26-19(21)25)13-7-5-4-6-8-13/h4-8,12,14,18H,9-11H2,1-3H3,(H2,21,25). The van der Waals surface area contributed by atoms with Crippen molar-refractivity contribution in [2.45, 2.75) is 57.6 Å². The third-order valence-electron chi connectivity index (χ3n) is 4.66. The molecule has 26 heavy (non-hydrogen) atoms. The third-order valence-corrected chi connectivity index (χ3v) is 4.66. The number of amides is 1. The first-order chi connectivity index (χ1) is 12.3. The van der Waals surface area contributed by atoms with Crippen LogP contribution in [0.5, 0.6) is 0 Å². The zero-order valence-corrected chi connectivity index (χ0v) is 15.4. The molecule has 0 spiro atoms. The first-order valence-electron chi connectivity index (χ1n) is 8.89. The van der Waals surface area contributed by atoms with Crippen LogP contribution in [0, 0.1) is 0 Å². The Bertz CT molecular complexity index is 805. The summed E-state index contributed by atoms with van der Waals surface area (Å²) in [5.41, 5.74) is 7.48. The molecular formula is C20H25N3O3. The summed E-state index contributed by atoms with van der Waals surface area (Å²) in [6, 6.07) is 11.4. The van der Waals surface area contributed by atoms with Gasteiger partial charge in [-0.25, -0.2) is 4.79 Å². The molecule has 3 rings (SSSR count). The van der Waals surface area contributed by atoms with Gasteiger partial charge in [-0.15, -0.1) is 0 Å². The topological polar surface area (TPSA) is 87.2 Å². The van der Waals surface area contributed by atoms with Gasteiger partial charge in [0.2, 0.25) is 0 Å². The van der Waals surface area contributed by atoms with Gasteiger partial charge in [-0.3, -0.25) is 9.48 Å². The van der Waals surface area contributed by atoms with Gasteiger partial charge in [0, 0.05) is 18.8 Å². The molecule has 1 aromatic heterocycles. The number of carbonyl (C=O) groups excluding carboxylic acids is 2. The van der Waals surface area contributed by atoms with Gasteiger partial charge < -0.3 is 10.5 Å². The lowest BCUT2D eigenvalue weighted by molar-refractivity contribution is -0.117. The largest absolute Gasteiger partial charge is 0.435 e. The highest BCUT2D eigenvalue weighted by atomic mass is 16.6. The Morgan fingerprint density at radius 1 is 1.31 bits per heavy atom. The highest BCUT2D eigenvalue weighted by molar-refractivity contribution is 5.81. The predicted molar refractivity (Wildman–Crippen MR) is 97.8 cm³/mol. The molecule has 1 amide bonds. The highest BCUT2D eigenvalue weighted by Gasteiger charge is 2.32. The molecule has 6 heteroatoms. The monoisotopic (exact) mass is 355 g/mol. The summed E-state index contributed by atoms with van der Waals surface area (Å²) in [6.07, 6.45) is 0.450. The van der Waals surface area contributed by atoms with Gasteiger partial charge in [0.25, 0.3) is 0 Å². The maximum atomic E-state index is 11.7. The number of carbonyl (C=O) groups is 2. The molecule has 1 heterocycles. The van der Waals surface area contributed by atoms with Crippen LogP contribution in [-0.2, 0) is 15.1 Å². The molecule has 0 bridgehead atoms. The zero-order valence-electron chi connectivity index (χ0n) is 15.4. The third kappa shape index (κ3) is 3.79. The van der Waals surface area contributed by atoms with Crippen LogP contribution < -0.4 is 5.73 Å². The summed E-state index contributed by atoms with van der Waals surface area (Å²) in [6.45, 7) is 6.12. The number of primary amides is 1. The number of nitrogens with two attached hydrogens (primary N) is 1. The number of ether oxygens (including phenoxy) is 1. The number of hydrogen-bond acceptors (Lipinski definition) is 4. The molecular weight excluding hydrogens is 330 g/mol. The van der Waals surface area contributed by atoms with Gasteiger partial charge >= 0.3 is 6.09 Å². The maximum Gasteiger partial charge on any atom is 0.405 e. The molecule has 1 aliphatic rings. The second-order valence-corrected chi connectivity index (χ2v) is 7.78. The van der Waals surface area contributed by atoms with E-state index in [9.17, 15) is 9.59 Å². The van der Waals surface area contributed by atoms with E-state index < -0.39 is 12.2 Å². The van der Waals surface area contributed by atoms with Crippen molar-refractivity contribution >= 4 is 11.9 Å². The number of nitrogens with zero attached hydrogens (tertiary/aromatic N) is 2. The van der Waals surface area contributed by atoms with Gasteiger partial charge in [-0.1, -0.05) is 30.3 Å². The average Bonchev–Trinajstić information content (AvgIpc) is 3.19. The van der Waals surface area contributed by atoms with Crippen molar-refractivity contribution in [3.8, 4) is 0 Å². The van der Waals surface area contributed by atoms with Crippen molar-refractivity contribution < 1.29 is 14.3 Å². The lowest BCUT2D eigenvalue weighted by Gasteiger charge is -2.26. The van der Waals surface area contributed by atoms with E-state index in [0.717, 1.165) is 23.4 Å². The summed E-state index contributed by atoms with van der Waals surface area (Å²) in [5.74, 6) is 0.393. The Balaban J connectivity index is 2.08. The first-order valence-corrected chi connectivity index (χ1v) is 8.89. The van der Waals surface area contributed by atoms with E-state index in [1.165, 1.54) is 0 Å². The van der Waals surface area contributed by atoms with Crippen LogP contribution in [0.2, 0.25) is 0 Å². The van der Waals surface area contributed by atoms with Crippen LogP contribution in [0.1, 0.15) is 69.0 Å². The molecule has 2 atom stereocenters. The fourth-order valence-electron chi connectivity index (χ4n) is 3.45. The van der Waals surface area contributed by atoms with Crippen molar-refractivity contribution in [1.29, 1.82) is 0 Å². The average molecular weight is 355 g/mol. The molecule has 0 aliphatic heterocycles. The SMILES string of the molecule is CC(C)(C)n1nc(C2CCC(=O)C2)cc1C(OC(N)=O)c1ccccc1. The van der Waals surface area contributed by atoms with Gasteiger partial charge in [0.15, 0.2) is 6.10 Å². The lowest BCUT2D eigenvalue weighted by atomic mass is 10.0. The normalized spacial score (nSPS) is 18.7. The van der Waals surface area contributed by atoms with E-state index in [-0.39, 0.29) is 17.2 Å². The van der Waals surface area contributed by atoms with Crippen LogP contribution in [-0.4, -0.2) is 21.7 Å². The Morgan fingerprint density at radius 3 is 2.54 bits per heavy atom. The van der Waals surface area contributed by atoms with Crippen molar-refractivity contribution in [3.05, 3.63) is 53.3 Å². The quantitative estimate of drug-likeness (QED) is 0.906. The summed E-state index contributed by atoms with van der Waals surface area (Å²) >= 11 is 0. The van der Waals surface area contributed by atoms with E-state index in [0.29, 0.717) is 12.8 Å². The number of benzene rings is 1. The van der Waals surface area contributed by atoms with E-state index >= 15 is 0 Å². The van der Waals surface area contributed by atoms with E-state index in [1.54, 1.807) is 0 Å². The van der Waals surface area contributed by atoms with Crippen molar-refractivity contribution in [3.63, 3.8) is 0 Å². The molecule has 1 aliphatic carbocycles. The minimum atomic E-state index is -0.835. The number of ketones is 1. The smallest absolute Gasteiger partial charge is 0.405 e. The Morgan fingerprint density at radius 2 is 2.00 bits per heavy atom. The molecule has 6 nitrogen and oxygen atoms in total. The summed E-state index contributed by atoms with van der Waals surface area (Å²) in [5, 5.41) is 4.78. The molecule has 1 aromatic carbocycles. The van der Waals surface area contributed by atoms with Crippen LogP contribution in [0.4, 0.5) is 4.79 Å². The van der Waals surface area contributed by atoms with Gasteiger partial charge in [-0.05, 0) is 38.8 Å². The summed E-state index contributed by atoms with van der Waals surface area (Å²) < 4.78 is 7.35. The molecule has 2 N–H and O–H groups in total. The lowest BCUT2D eigenvalue weighted by Crippen LogP contribution is -2.29. The molecule has 1 saturated carbocycles. The molecule has 0 saturated heterocycles. The number of aromatic nitrogens is 2. The van der Waals surface area contributed by atoms with Crippen molar-refractivity contribution in [2.24, 2.45) is 5.73 Å². The van der Waals surface area contributed by atoms with Gasteiger partial charge in [-0.2, -0.15) is 5.10 Å². The summed E-state index contributed by atoms with van der Waals surface area (Å²) in [4.78, 5) is 23.2. The Labute approximate surface area is 153 Å². The minimum Gasteiger partial charge on any atom is -0.435 e. The summed E-state index contributed by atoms with van der Waals surface area (Å²) in [7, 11) is 0. The van der Waals surface area contributed by atoms with Crippen molar-refractivity contribution in [1.82, 2.24) is 9.78 Å². The number of rotatable bonds is 4. The van der Waals surface area contributed by atoms with E-state index in [4.69, 9.17) is 15.6 Å². The fraction of sp³-hybridized carbons (Fsp3) is 0.450. The molecule has 138 valence electrons. The Kier molecular flexibility index (Phi) is 4.85. The Hall–Kier alpha value is -2.63. The minimum absolute atomic E-state index is 0.120. The second kappa shape index (κ2) is 6.94. The molecule has 2 unspecified atom stereocenters. The molecule has 2 aromatic rings. The van der Waals surface area contributed by atoms with E-state index in [1.807, 2.05) is 61.9 Å². The zero-order chi connectivity index (χ0) is 18.9. The maximum absolute atomic E-state index is 11.7. The van der Waals surface area contributed by atoms with Crippen LogP contribution >= 0.6 is 0 Å². The molecule has 0 radical (unpaired) electrons. The first kappa shape index (κ1) is 18.2. The van der Waals surface area contributed by atoms with Crippen molar-refractivity contribution in [2.75, 3.05) is 0 Å². The predicted octanol–water partition coefficient (Wildman–Crippen LogP) is 3.66. The van der Waals surface area contributed by atoms with Gasteiger partial charge in [0.1, 0.15) is 5.78 Å².